The van der Waals surface area contributed by atoms with Gasteiger partial charge in [0.2, 0.25) is 0 Å². The van der Waals surface area contributed by atoms with Crippen molar-refractivity contribution in [3.05, 3.63) is 46.4 Å². The fourth-order valence-electron chi connectivity index (χ4n) is 2.65. The van der Waals surface area contributed by atoms with E-state index in [0.29, 0.717) is 11.2 Å². The van der Waals surface area contributed by atoms with Gasteiger partial charge in [-0.2, -0.15) is 9.97 Å². The Morgan fingerprint density at radius 3 is 2.40 bits per heavy atom. The van der Waals surface area contributed by atoms with Gasteiger partial charge < -0.3 is 24.8 Å². The summed E-state index contributed by atoms with van der Waals surface area (Å²) in [6.07, 6.45) is -0.386. The van der Waals surface area contributed by atoms with Gasteiger partial charge in [0.15, 0.2) is 11.5 Å². The molecule has 11 heteroatoms. The maximum Gasteiger partial charge on any atom is 0.327 e. The number of nitrogens with zero attached hydrogens (tertiary/aromatic N) is 3. The lowest BCUT2D eigenvalue weighted by Crippen LogP contribution is -2.23. The van der Waals surface area contributed by atoms with E-state index >= 15 is 0 Å². The fourth-order valence-corrected chi connectivity index (χ4v) is 3.19. The van der Waals surface area contributed by atoms with Crippen molar-refractivity contribution in [3.8, 4) is 6.01 Å². The molecular weight excluding hydrogens is 404 g/mol. The first-order valence-electron chi connectivity index (χ1n) is 9.29. The lowest BCUT2D eigenvalue weighted by atomic mass is 10.1. The summed E-state index contributed by atoms with van der Waals surface area (Å²) >= 11 is 0. The number of fused-ring (bicyclic) bond motifs is 1. The van der Waals surface area contributed by atoms with Crippen LogP contribution in [0.3, 0.4) is 0 Å². The number of H-pyrrole nitrogens is 1. The molecule has 1 aromatic carbocycles. The number of hydrogen-bond acceptors (Lipinski definition) is 7. The molecule has 2 aromatic heterocycles. The van der Waals surface area contributed by atoms with E-state index in [2.05, 4.69) is 15.0 Å². The van der Waals surface area contributed by atoms with E-state index in [9.17, 15) is 9.36 Å². The van der Waals surface area contributed by atoms with Crippen LogP contribution < -0.4 is 16.2 Å². The lowest BCUT2D eigenvalue weighted by Gasteiger charge is -2.20. The summed E-state index contributed by atoms with van der Waals surface area (Å²) in [5.41, 5.74) is 7.02. The molecule has 30 heavy (non-hydrogen) atoms. The van der Waals surface area contributed by atoms with Crippen molar-refractivity contribution >= 4 is 32.5 Å². The second kappa shape index (κ2) is 11.0. The van der Waals surface area contributed by atoms with Gasteiger partial charge in [0.1, 0.15) is 25.1 Å². The molecule has 0 fully saturated rings. The molecule has 0 spiro atoms. The fraction of sp³-hybridized carbons (Fsp3) is 0.421. The van der Waals surface area contributed by atoms with Crippen LogP contribution in [-0.4, -0.2) is 54.7 Å². The van der Waals surface area contributed by atoms with E-state index in [1.165, 1.54) is 11.7 Å². The lowest BCUT2D eigenvalue weighted by molar-refractivity contribution is 0.0716. The predicted molar refractivity (Wildman–Crippen MR) is 121 cm³/mol. The summed E-state index contributed by atoms with van der Waals surface area (Å²) in [6, 6.07) is 9.50. The van der Waals surface area contributed by atoms with E-state index < -0.39 is 13.2 Å². The topological polar surface area (TPSA) is 125 Å². The molecule has 1 atom stereocenters. The summed E-state index contributed by atoms with van der Waals surface area (Å²) in [5.74, 6) is 0.122. The highest BCUT2D eigenvalue weighted by molar-refractivity contribution is 7.62. The summed E-state index contributed by atoms with van der Waals surface area (Å²) < 4.78 is 24.5. The number of anilines is 1. The van der Waals surface area contributed by atoms with Gasteiger partial charge in [-0.3, -0.25) is 4.57 Å². The van der Waals surface area contributed by atoms with E-state index in [4.69, 9.17) is 15.2 Å². The molecule has 161 valence electrons. The minimum atomic E-state index is -2.39. The highest BCUT2D eigenvalue weighted by atomic mass is 31.2. The zero-order chi connectivity index (χ0) is 21.6. The average molecular weight is 432 g/mol. The summed E-state index contributed by atoms with van der Waals surface area (Å²) in [4.78, 5) is 23.4. The molecular formula is C19H28BN5O4P. The number of hydrogen-bond donors (Lipinski definition) is 2. The second-order valence-corrected chi connectivity index (χ2v) is 10.0. The molecule has 2 heterocycles. The second-order valence-electron chi connectivity index (χ2n) is 6.60. The van der Waals surface area contributed by atoms with Gasteiger partial charge in [-0.05, 0) is 18.9 Å². The maximum absolute atomic E-state index is 12.5. The number of nitrogens with one attached hydrogen (secondary N) is 1. The molecule has 0 aliphatic rings. The van der Waals surface area contributed by atoms with Crippen LogP contribution >= 0.6 is 7.14 Å². The van der Waals surface area contributed by atoms with Crippen LogP contribution in [0.25, 0.3) is 11.2 Å². The Morgan fingerprint density at radius 1 is 1.20 bits per heavy atom. The van der Waals surface area contributed by atoms with Crippen LogP contribution in [0, 0.1) is 0 Å². The Kier molecular flexibility index (Phi) is 9.33. The van der Waals surface area contributed by atoms with E-state index in [0.717, 1.165) is 5.56 Å². The highest BCUT2D eigenvalue weighted by Crippen LogP contribution is 2.38. The summed E-state index contributed by atoms with van der Waals surface area (Å²) in [5, 5.41) is 0. The molecule has 0 amide bonds. The SMILES string of the molecule is CC.COc1nc(N)c2[nH]c(=O)n(CC(OCP(C)(C)=O)c3ccccc3)c2n1.[B]. The van der Waals surface area contributed by atoms with Crippen LogP contribution in [0.4, 0.5) is 5.82 Å². The molecule has 0 aliphatic heterocycles. The molecule has 9 nitrogen and oxygen atoms in total. The van der Waals surface area contributed by atoms with Crippen molar-refractivity contribution in [2.45, 2.75) is 26.5 Å². The number of nitrogens with two attached hydrogens (primary N) is 1. The zero-order valence-electron chi connectivity index (χ0n) is 18.0. The Balaban J connectivity index is 0.00000146. The third-order valence-electron chi connectivity index (χ3n) is 3.92. The minimum absolute atomic E-state index is 0. The minimum Gasteiger partial charge on any atom is -0.467 e. The average Bonchev–Trinajstić information content (AvgIpc) is 3.02. The number of aromatic nitrogens is 4. The van der Waals surface area contributed by atoms with Crippen molar-refractivity contribution in [1.82, 2.24) is 19.5 Å². The number of nitrogen functional groups attached to an aromatic ring is 1. The standard InChI is InChI=1S/C17H22N5O4P.C2H6.B/c1-25-16-20-14(18)13-15(21-16)22(17(23)19-13)9-12(26-10-27(2,3)24)11-7-5-4-6-8-11;1-2;/h4-8,12H,9-10H2,1-3H3,(H,19,23)(H2,18,20,21);1-2H3;. The van der Waals surface area contributed by atoms with Gasteiger partial charge in [-0.1, -0.05) is 44.2 Å². The van der Waals surface area contributed by atoms with Crippen molar-refractivity contribution < 1.29 is 14.0 Å². The maximum atomic E-state index is 12.5. The third-order valence-corrected chi connectivity index (χ3v) is 4.69. The summed E-state index contributed by atoms with van der Waals surface area (Å²) in [7, 11) is -0.971. The molecule has 0 saturated heterocycles. The van der Waals surface area contributed by atoms with Gasteiger partial charge in [-0.15, -0.1) is 0 Å². The Labute approximate surface area is 178 Å². The van der Waals surface area contributed by atoms with Gasteiger partial charge >= 0.3 is 11.7 Å². The largest absolute Gasteiger partial charge is 0.467 e. The number of rotatable bonds is 7. The number of ether oxygens (including phenoxy) is 2. The Morgan fingerprint density at radius 2 is 1.83 bits per heavy atom. The highest BCUT2D eigenvalue weighted by Gasteiger charge is 2.21. The Bertz CT molecular complexity index is 1050. The van der Waals surface area contributed by atoms with Crippen LogP contribution in [0.5, 0.6) is 6.01 Å². The Hall–Kier alpha value is -2.58. The van der Waals surface area contributed by atoms with Gasteiger partial charge in [-0.25, -0.2) is 4.79 Å². The molecule has 1 unspecified atom stereocenters. The molecule has 3 rings (SSSR count). The van der Waals surface area contributed by atoms with Crippen LogP contribution in [0.2, 0.25) is 0 Å². The number of benzene rings is 1. The van der Waals surface area contributed by atoms with Gasteiger partial charge in [0, 0.05) is 8.41 Å². The molecule has 0 saturated carbocycles. The predicted octanol–water partition coefficient (Wildman–Crippen LogP) is 2.69. The van der Waals surface area contributed by atoms with Crippen molar-refractivity contribution in [1.29, 1.82) is 0 Å². The normalized spacial score (nSPS) is 11.9. The van der Waals surface area contributed by atoms with Crippen molar-refractivity contribution in [2.24, 2.45) is 0 Å². The van der Waals surface area contributed by atoms with Crippen LogP contribution in [0.1, 0.15) is 25.5 Å². The first kappa shape index (κ1) is 25.5. The monoisotopic (exact) mass is 432 g/mol. The zero-order valence-corrected chi connectivity index (χ0v) is 18.8. The molecule has 3 N–H and O–H groups in total. The molecule has 3 radical (unpaired) electrons. The van der Waals surface area contributed by atoms with Crippen molar-refractivity contribution in [2.75, 3.05) is 32.5 Å². The molecule has 3 aromatic rings. The molecule has 0 aliphatic carbocycles. The van der Waals surface area contributed by atoms with Gasteiger partial charge in [0.25, 0.3) is 0 Å². The number of aromatic amines is 1. The first-order valence-corrected chi connectivity index (χ1v) is 12.1. The number of methoxy groups -OCH3 is 1. The molecule has 0 bridgehead atoms. The quantitative estimate of drug-likeness (QED) is 0.434. The van der Waals surface area contributed by atoms with Gasteiger partial charge in [0.05, 0.1) is 13.7 Å². The first-order chi connectivity index (χ1) is 13.8. The third kappa shape index (κ3) is 6.21. The van der Waals surface area contributed by atoms with Crippen LogP contribution in [0.15, 0.2) is 35.1 Å². The van der Waals surface area contributed by atoms with E-state index in [1.54, 1.807) is 13.3 Å². The smallest absolute Gasteiger partial charge is 0.327 e. The number of imidazole rings is 1. The van der Waals surface area contributed by atoms with Crippen molar-refractivity contribution in [3.63, 3.8) is 0 Å². The summed E-state index contributed by atoms with van der Waals surface area (Å²) in [6.45, 7) is 7.49. The van der Waals surface area contributed by atoms with E-state index in [1.807, 2.05) is 44.2 Å². The van der Waals surface area contributed by atoms with Crippen LogP contribution in [-0.2, 0) is 15.8 Å². The van der Waals surface area contributed by atoms with E-state index in [-0.39, 0.29) is 38.8 Å².